The van der Waals surface area contributed by atoms with Crippen LogP contribution < -0.4 is 5.32 Å². The lowest BCUT2D eigenvalue weighted by Gasteiger charge is -2.17. The molecule has 0 aromatic carbocycles. The molecule has 1 aromatic heterocycles. The van der Waals surface area contributed by atoms with Crippen molar-refractivity contribution in [2.24, 2.45) is 5.41 Å². The van der Waals surface area contributed by atoms with E-state index in [1.165, 1.54) is 0 Å². The van der Waals surface area contributed by atoms with E-state index in [0.717, 1.165) is 23.6 Å². The molecule has 0 aliphatic rings. The summed E-state index contributed by atoms with van der Waals surface area (Å²) in [4.78, 5) is 20.4. The first-order valence-corrected chi connectivity index (χ1v) is 5.94. The second-order valence-electron chi connectivity index (χ2n) is 5.20. The summed E-state index contributed by atoms with van der Waals surface area (Å²) in [5.41, 5.74) is 1.44. The summed E-state index contributed by atoms with van der Waals surface area (Å²) in [7, 11) is 0. The van der Waals surface area contributed by atoms with Gasteiger partial charge in [-0.05, 0) is 13.0 Å². The van der Waals surface area contributed by atoms with E-state index in [2.05, 4.69) is 15.3 Å². The number of amides is 1. The third kappa shape index (κ3) is 4.13. The van der Waals surface area contributed by atoms with E-state index in [1.54, 1.807) is 0 Å². The Labute approximate surface area is 103 Å². The summed E-state index contributed by atoms with van der Waals surface area (Å²) in [6.07, 6.45) is 0.807. The molecule has 4 nitrogen and oxygen atoms in total. The number of carbonyl (C=O) groups is 1. The van der Waals surface area contributed by atoms with Gasteiger partial charge in [-0.2, -0.15) is 0 Å². The van der Waals surface area contributed by atoms with Crippen LogP contribution in [0, 0.1) is 12.3 Å². The molecule has 0 aliphatic carbocycles. The number of aromatic nitrogens is 2. The van der Waals surface area contributed by atoms with Gasteiger partial charge in [-0.1, -0.05) is 27.7 Å². The van der Waals surface area contributed by atoms with Crippen LogP contribution in [0.5, 0.6) is 0 Å². The van der Waals surface area contributed by atoms with E-state index >= 15 is 0 Å². The zero-order valence-electron chi connectivity index (χ0n) is 11.3. The van der Waals surface area contributed by atoms with Crippen LogP contribution in [0.1, 0.15) is 44.9 Å². The third-order valence-corrected chi connectivity index (χ3v) is 2.38. The van der Waals surface area contributed by atoms with Crippen LogP contribution in [-0.4, -0.2) is 15.9 Å². The molecule has 17 heavy (non-hydrogen) atoms. The number of nitrogens with one attached hydrogen (secondary N) is 1. The number of hydrogen-bond donors (Lipinski definition) is 1. The van der Waals surface area contributed by atoms with Gasteiger partial charge in [0.15, 0.2) is 0 Å². The topological polar surface area (TPSA) is 54.9 Å². The Morgan fingerprint density at radius 2 is 2.00 bits per heavy atom. The smallest absolute Gasteiger partial charge is 0.225 e. The van der Waals surface area contributed by atoms with Gasteiger partial charge >= 0.3 is 0 Å². The number of aryl methyl sites for hydroxylation is 2. The van der Waals surface area contributed by atoms with Crippen LogP contribution >= 0.6 is 0 Å². The number of rotatable bonds is 3. The molecule has 0 unspecified atom stereocenters. The van der Waals surface area contributed by atoms with Crippen LogP contribution in [0.25, 0.3) is 0 Å². The first kappa shape index (κ1) is 13.6. The van der Waals surface area contributed by atoms with E-state index in [4.69, 9.17) is 0 Å². The van der Waals surface area contributed by atoms with Gasteiger partial charge in [0.25, 0.3) is 0 Å². The molecule has 0 atom stereocenters. The molecule has 0 fully saturated rings. The highest BCUT2D eigenvalue weighted by Crippen LogP contribution is 2.12. The molecule has 0 spiro atoms. The van der Waals surface area contributed by atoms with Crippen molar-refractivity contribution in [3.63, 3.8) is 0 Å². The zero-order valence-corrected chi connectivity index (χ0v) is 11.3. The van der Waals surface area contributed by atoms with Crippen LogP contribution in [0.4, 0.5) is 0 Å². The van der Waals surface area contributed by atoms with Crippen molar-refractivity contribution in [1.82, 2.24) is 15.3 Å². The van der Waals surface area contributed by atoms with Crippen LogP contribution in [-0.2, 0) is 17.8 Å². The lowest BCUT2D eigenvalue weighted by molar-refractivity contribution is -0.128. The number of nitrogens with zero attached hydrogens (tertiary/aromatic N) is 2. The summed E-state index contributed by atoms with van der Waals surface area (Å²) in [5, 5.41) is 2.89. The average Bonchev–Trinajstić information content (AvgIpc) is 2.23. The maximum absolute atomic E-state index is 11.7. The van der Waals surface area contributed by atoms with Gasteiger partial charge in [0, 0.05) is 17.5 Å². The number of carbonyl (C=O) groups excluding carboxylic acids is 1. The van der Waals surface area contributed by atoms with Crippen molar-refractivity contribution in [2.75, 3.05) is 0 Å². The average molecular weight is 235 g/mol. The quantitative estimate of drug-likeness (QED) is 0.872. The van der Waals surface area contributed by atoms with E-state index in [9.17, 15) is 4.79 Å². The zero-order chi connectivity index (χ0) is 13.1. The minimum atomic E-state index is -0.365. The predicted octanol–water partition coefficient (Wildman–Crippen LogP) is 2.01. The summed E-state index contributed by atoms with van der Waals surface area (Å²) >= 11 is 0. The Hall–Kier alpha value is -1.45. The molecule has 0 radical (unpaired) electrons. The highest BCUT2D eigenvalue weighted by molar-refractivity contribution is 5.81. The van der Waals surface area contributed by atoms with Gasteiger partial charge in [-0.25, -0.2) is 9.97 Å². The van der Waals surface area contributed by atoms with Crippen molar-refractivity contribution in [3.05, 3.63) is 23.3 Å². The van der Waals surface area contributed by atoms with Gasteiger partial charge in [-0.3, -0.25) is 4.79 Å². The highest BCUT2D eigenvalue weighted by Gasteiger charge is 2.20. The minimum Gasteiger partial charge on any atom is -0.350 e. The maximum atomic E-state index is 11.7. The molecule has 1 amide bonds. The van der Waals surface area contributed by atoms with Crippen molar-refractivity contribution < 1.29 is 4.79 Å². The van der Waals surface area contributed by atoms with E-state index < -0.39 is 0 Å². The molecule has 0 aliphatic heterocycles. The molecule has 1 aromatic rings. The van der Waals surface area contributed by atoms with Crippen molar-refractivity contribution in [3.8, 4) is 0 Å². The first-order valence-electron chi connectivity index (χ1n) is 5.94. The Kier molecular flexibility index (Phi) is 4.21. The Bertz CT molecular complexity index is 408. The monoisotopic (exact) mass is 235 g/mol. The van der Waals surface area contributed by atoms with Gasteiger partial charge < -0.3 is 5.32 Å². The molecule has 0 saturated heterocycles. The molecule has 0 saturated carbocycles. The Balaban J connectivity index is 2.70. The SMILES string of the molecule is CCc1nc(C)cc(CNC(=O)C(C)(C)C)n1. The minimum absolute atomic E-state index is 0.0341. The Morgan fingerprint density at radius 1 is 1.35 bits per heavy atom. The maximum Gasteiger partial charge on any atom is 0.225 e. The Morgan fingerprint density at radius 3 is 2.53 bits per heavy atom. The van der Waals surface area contributed by atoms with Crippen molar-refractivity contribution >= 4 is 5.91 Å². The normalized spacial score (nSPS) is 11.4. The van der Waals surface area contributed by atoms with Crippen molar-refractivity contribution in [2.45, 2.75) is 47.6 Å². The summed E-state index contributed by atoms with van der Waals surface area (Å²) in [6.45, 7) is 10.1. The van der Waals surface area contributed by atoms with Gasteiger partial charge in [-0.15, -0.1) is 0 Å². The molecule has 1 rings (SSSR count). The largest absolute Gasteiger partial charge is 0.350 e. The van der Waals surface area contributed by atoms with Gasteiger partial charge in [0.05, 0.1) is 12.2 Å². The van der Waals surface area contributed by atoms with E-state index in [0.29, 0.717) is 6.54 Å². The fraction of sp³-hybridized carbons (Fsp3) is 0.615. The summed E-state index contributed by atoms with van der Waals surface area (Å²) < 4.78 is 0. The standard InChI is InChI=1S/C13H21N3O/c1-6-11-15-9(2)7-10(16-11)8-14-12(17)13(3,4)5/h7H,6,8H2,1-5H3,(H,14,17). The van der Waals surface area contributed by atoms with Crippen LogP contribution in [0.3, 0.4) is 0 Å². The van der Waals surface area contributed by atoms with Crippen LogP contribution in [0.2, 0.25) is 0 Å². The molecule has 1 N–H and O–H groups in total. The van der Waals surface area contributed by atoms with E-state index in [-0.39, 0.29) is 11.3 Å². The van der Waals surface area contributed by atoms with Crippen molar-refractivity contribution in [1.29, 1.82) is 0 Å². The first-order chi connectivity index (χ1) is 7.82. The fourth-order valence-corrected chi connectivity index (χ4v) is 1.38. The van der Waals surface area contributed by atoms with Gasteiger partial charge in [0.1, 0.15) is 5.82 Å². The molecule has 4 heteroatoms. The second kappa shape index (κ2) is 5.25. The predicted molar refractivity (Wildman–Crippen MR) is 67.4 cm³/mol. The lowest BCUT2D eigenvalue weighted by atomic mass is 9.96. The van der Waals surface area contributed by atoms with Crippen LogP contribution in [0.15, 0.2) is 6.07 Å². The molecule has 0 bridgehead atoms. The second-order valence-corrected chi connectivity index (χ2v) is 5.20. The molecule has 94 valence electrons. The highest BCUT2D eigenvalue weighted by atomic mass is 16.2. The molecule has 1 heterocycles. The fourth-order valence-electron chi connectivity index (χ4n) is 1.38. The molecular formula is C13H21N3O. The molecular weight excluding hydrogens is 214 g/mol. The lowest BCUT2D eigenvalue weighted by Crippen LogP contribution is -2.34. The van der Waals surface area contributed by atoms with Gasteiger partial charge in [0.2, 0.25) is 5.91 Å². The third-order valence-electron chi connectivity index (χ3n) is 2.38. The summed E-state index contributed by atoms with van der Waals surface area (Å²) in [5.74, 6) is 0.858. The summed E-state index contributed by atoms with van der Waals surface area (Å²) in [6, 6.07) is 1.90. The van der Waals surface area contributed by atoms with E-state index in [1.807, 2.05) is 40.7 Å². The number of hydrogen-bond acceptors (Lipinski definition) is 3.